The minimum absolute atomic E-state index is 0.0455. The van der Waals surface area contributed by atoms with Crippen LogP contribution in [0.3, 0.4) is 0 Å². The molecule has 158 valence electrons. The highest BCUT2D eigenvalue weighted by molar-refractivity contribution is 7.89. The van der Waals surface area contributed by atoms with Crippen molar-refractivity contribution in [1.29, 1.82) is 0 Å². The van der Waals surface area contributed by atoms with Gasteiger partial charge in [-0.15, -0.1) is 6.58 Å². The van der Waals surface area contributed by atoms with Crippen molar-refractivity contribution < 1.29 is 18.3 Å². The molecular weight excluding hydrogens is 388 g/mol. The molecule has 0 fully saturated rings. The van der Waals surface area contributed by atoms with Crippen molar-refractivity contribution in [2.75, 3.05) is 26.3 Å². The predicted octanol–water partition coefficient (Wildman–Crippen LogP) is 2.32. The van der Waals surface area contributed by atoms with Gasteiger partial charge in [-0.25, -0.2) is 13.1 Å². The fraction of sp³-hybridized carbons (Fsp3) is 0.364. The van der Waals surface area contributed by atoms with E-state index in [9.17, 15) is 13.5 Å². The second-order valence-corrected chi connectivity index (χ2v) is 8.58. The van der Waals surface area contributed by atoms with E-state index in [-0.39, 0.29) is 24.0 Å². The molecule has 29 heavy (non-hydrogen) atoms. The van der Waals surface area contributed by atoms with Gasteiger partial charge in [-0.1, -0.05) is 54.6 Å². The Balaban J connectivity index is 1.96. The van der Waals surface area contributed by atoms with E-state index in [4.69, 9.17) is 4.74 Å². The maximum atomic E-state index is 12.7. The molecule has 0 bridgehead atoms. The summed E-state index contributed by atoms with van der Waals surface area (Å²) in [5, 5.41) is 12.6. The first-order valence-corrected chi connectivity index (χ1v) is 11.1. The SMILES string of the molecule is C=CCC(CO)CNCC(COCc1ccccc1)NS(=O)(=O)c1ccccc1. The van der Waals surface area contributed by atoms with E-state index in [2.05, 4.69) is 16.6 Å². The number of hydrogen-bond donors (Lipinski definition) is 3. The first kappa shape index (κ1) is 23.3. The van der Waals surface area contributed by atoms with Gasteiger partial charge in [-0.3, -0.25) is 0 Å². The van der Waals surface area contributed by atoms with Crippen LogP contribution in [0, 0.1) is 5.92 Å². The highest BCUT2D eigenvalue weighted by Crippen LogP contribution is 2.09. The maximum Gasteiger partial charge on any atom is 0.240 e. The molecule has 2 aromatic carbocycles. The maximum absolute atomic E-state index is 12.7. The highest BCUT2D eigenvalue weighted by Gasteiger charge is 2.20. The summed E-state index contributed by atoms with van der Waals surface area (Å²) < 4.78 is 33.9. The second-order valence-electron chi connectivity index (χ2n) is 6.86. The van der Waals surface area contributed by atoms with E-state index in [1.165, 1.54) is 0 Å². The Kier molecular flexibility index (Phi) is 10.0. The van der Waals surface area contributed by atoms with Crippen molar-refractivity contribution in [3.63, 3.8) is 0 Å². The van der Waals surface area contributed by atoms with Gasteiger partial charge in [0.2, 0.25) is 10.0 Å². The van der Waals surface area contributed by atoms with Gasteiger partial charge in [-0.2, -0.15) is 0 Å². The van der Waals surface area contributed by atoms with Gasteiger partial charge in [0.25, 0.3) is 0 Å². The number of benzene rings is 2. The molecule has 0 radical (unpaired) electrons. The topological polar surface area (TPSA) is 87.7 Å². The van der Waals surface area contributed by atoms with Crippen LogP contribution in [0.15, 0.2) is 78.2 Å². The lowest BCUT2D eigenvalue weighted by molar-refractivity contribution is 0.103. The number of hydrogen-bond acceptors (Lipinski definition) is 5. The van der Waals surface area contributed by atoms with Crippen LogP contribution >= 0.6 is 0 Å². The molecule has 0 spiro atoms. The smallest absolute Gasteiger partial charge is 0.240 e. The molecule has 3 N–H and O–H groups in total. The molecule has 0 aromatic heterocycles. The van der Waals surface area contributed by atoms with Crippen LogP contribution in [0.25, 0.3) is 0 Å². The summed E-state index contributed by atoms with van der Waals surface area (Å²) in [4.78, 5) is 0.216. The van der Waals surface area contributed by atoms with Crippen LogP contribution in [0.4, 0.5) is 0 Å². The zero-order chi connectivity index (χ0) is 21.0. The third kappa shape index (κ3) is 8.47. The third-order valence-corrected chi connectivity index (χ3v) is 5.92. The monoisotopic (exact) mass is 418 g/mol. The van der Waals surface area contributed by atoms with Gasteiger partial charge in [-0.05, 0) is 30.0 Å². The van der Waals surface area contributed by atoms with Gasteiger partial charge in [0.1, 0.15) is 0 Å². The Bertz CT molecular complexity index is 813. The van der Waals surface area contributed by atoms with E-state index in [0.29, 0.717) is 26.1 Å². The minimum atomic E-state index is -3.66. The van der Waals surface area contributed by atoms with Crippen molar-refractivity contribution >= 4 is 10.0 Å². The fourth-order valence-corrected chi connectivity index (χ4v) is 4.08. The van der Waals surface area contributed by atoms with Gasteiger partial charge in [0.15, 0.2) is 0 Å². The molecule has 2 aromatic rings. The van der Waals surface area contributed by atoms with Gasteiger partial charge >= 0.3 is 0 Å². The average molecular weight is 419 g/mol. The summed E-state index contributed by atoms with van der Waals surface area (Å²) in [5.74, 6) is 0.0455. The number of sulfonamides is 1. The van der Waals surface area contributed by atoms with Gasteiger partial charge in [0.05, 0.1) is 24.2 Å². The van der Waals surface area contributed by atoms with E-state index in [1.807, 2.05) is 30.3 Å². The molecule has 0 aliphatic carbocycles. The molecule has 2 rings (SSSR count). The molecule has 0 saturated heterocycles. The fourth-order valence-electron chi connectivity index (χ4n) is 2.83. The number of nitrogens with one attached hydrogen (secondary N) is 2. The van der Waals surface area contributed by atoms with Crippen LogP contribution in [-0.2, 0) is 21.4 Å². The van der Waals surface area contributed by atoms with Crippen molar-refractivity contribution in [3.05, 3.63) is 78.9 Å². The summed E-state index contributed by atoms with van der Waals surface area (Å²) >= 11 is 0. The van der Waals surface area contributed by atoms with Crippen LogP contribution in [0.5, 0.6) is 0 Å². The molecule has 2 atom stereocenters. The van der Waals surface area contributed by atoms with E-state index >= 15 is 0 Å². The van der Waals surface area contributed by atoms with Crippen molar-refractivity contribution in [2.24, 2.45) is 5.92 Å². The van der Waals surface area contributed by atoms with Crippen LogP contribution in [-0.4, -0.2) is 45.9 Å². The molecule has 0 amide bonds. The Labute approximate surface area is 173 Å². The Morgan fingerprint density at radius 1 is 1.03 bits per heavy atom. The quantitative estimate of drug-likeness (QED) is 0.410. The Hall–Kier alpha value is -2.03. The van der Waals surface area contributed by atoms with E-state index in [1.54, 1.807) is 36.4 Å². The molecular formula is C22H30N2O4S. The largest absolute Gasteiger partial charge is 0.396 e. The lowest BCUT2D eigenvalue weighted by atomic mass is 10.1. The van der Waals surface area contributed by atoms with E-state index < -0.39 is 16.1 Å². The number of aliphatic hydroxyl groups excluding tert-OH is 1. The number of ether oxygens (including phenoxy) is 1. The summed E-state index contributed by atoms with van der Waals surface area (Å²) in [5.41, 5.74) is 1.02. The normalized spacial score (nSPS) is 13.7. The zero-order valence-corrected chi connectivity index (χ0v) is 17.4. The van der Waals surface area contributed by atoms with Crippen molar-refractivity contribution in [1.82, 2.24) is 10.0 Å². The summed E-state index contributed by atoms with van der Waals surface area (Å²) in [6.45, 7) is 5.31. The van der Waals surface area contributed by atoms with Gasteiger partial charge in [0, 0.05) is 19.7 Å². The van der Waals surface area contributed by atoms with Crippen molar-refractivity contribution in [3.8, 4) is 0 Å². The molecule has 6 nitrogen and oxygen atoms in total. The van der Waals surface area contributed by atoms with Crippen LogP contribution in [0.2, 0.25) is 0 Å². The second kappa shape index (κ2) is 12.5. The average Bonchev–Trinajstić information content (AvgIpc) is 2.74. The summed E-state index contributed by atoms with van der Waals surface area (Å²) in [7, 11) is -3.66. The Morgan fingerprint density at radius 2 is 1.69 bits per heavy atom. The predicted molar refractivity (Wildman–Crippen MR) is 115 cm³/mol. The van der Waals surface area contributed by atoms with Crippen LogP contribution < -0.4 is 10.0 Å². The summed E-state index contributed by atoms with van der Waals surface area (Å²) in [6.07, 6.45) is 2.45. The minimum Gasteiger partial charge on any atom is -0.396 e. The first-order chi connectivity index (χ1) is 14.0. The molecule has 7 heteroatoms. The van der Waals surface area contributed by atoms with Crippen LogP contribution in [0.1, 0.15) is 12.0 Å². The number of allylic oxidation sites excluding steroid dienone is 1. The lowest BCUT2D eigenvalue weighted by Gasteiger charge is -2.21. The highest BCUT2D eigenvalue weighted by atomic mass is 32.2. The number of aliphatic hydroxyl groups is 1. The molecule has 0 heterocycles. The zero-order valence-electron chi connectivity index (χ0n) is 16.5. The molecule has 0 aliphatic rings. The summed E-state index contributed by atoms with van der Waals surface area (Å²) in [6, 6.07) is 17.5. The standard InChI is InChI=1S/C22H30N2O4S/c1-2-9-20(16-25)14-23-15-21(18-28-17-19-10-5-3-6-11-19)24-29(26,27)22-12-7-4-8-13-22/h2-8,10-13,20-21,23-25H,1,9,14-18H2. The molecule has 2 unspecified atom stereocenters. The van der Waals surface area contributed by atoms with Gasteiger partial charge < -0.3 is 15.2 Å². The molecule has 0 aliphatic heterocycles. The number of rotatable bonds is 14. The van der Waals surface area contributed by atoms with Crippen molar-refractivity contribution in [2.45, 2.75) is 24.0 Å². The lowest BCUT2D eigenvalue weighted by Crippen LogP contribution is -2.45. The first-order valence-electron chi connectivity index (χ1n) is 9.66. The van der Waals surface area contributed by atoms with E-state index in [0.717, 1.165) is 5.56 Å². The Morgan fingerprint density at radius 3 is 2.31 bits per heavy atom. The molecule has 0 saturated carbocycles. The third-order valence-electron chi connectivity index (χ3n) is 4.39.